The van der Waals surface area contributed by atoms with Crippen LogP contribution in [0.4, 0.5) is 0 Å². The SMILES string of the molecule is CCn1c(COc2ccc(C(C)(C)C)cc2)nnc1SCc1cccc2ccccc12. The molecular formula is C26H29N3OS. The maximum absolute atomic E-state index is 6.00. The number of thioether (sulfide) groups is 1. The molecule has 0 bridgehead atoms. The zero-order valence-electron chi connectivity index (χ0n) is 18.6. The molecule has 0 aliphatic carbocycles. The van der Waals surface area contributed by atoms with E-state index >= 15 is 0 Å². The lowest BCUT2D eigenvalue weighted by Gasteiger charge is -2.19. The average Bonchev–Trinajstić information content (AvgIpc) is 3.17. The van der Waals surface area contributed by atoms with Gasteiger partial charge in [0, 0.05) is 12.3 Å². The van der Waals surface area contributed by atoms with Crippen molar-refractivity contribution < 1.29 is 4.74 Å². The predicted octanol–water partition coefficient (Wildman–Crippen LogP) is 6.62. The molecule has 5 heteroatoms. The summed E-state index contributed by atoms with van der Waals surface area (Å²) in [5.74, 6) is 2.56. The number of fused-ring (bicyclic) bond motifs is 1. The second-order valence-corrected chi connectivity index (χ2v) is 9.58. The third-order valence-electron chi connectivity index (χ3n) is 5.43. The Morgan fingerprint density at radius 3 is 2.39 bits per heavy atom. The van der Waals surface area contributed by atoms with E-state index in [4.69, 9.17) is 4.74 Å². The molecule has 0 radical (unpaired) electrons. The van der Waals surface area contributed by atoms with E-state index in [-0.39, 0.29) is 5.41 Å². The number of aromatic nitrogens is 3. The van der Waals surface area contributed by atoms with Crippen molar-refractivity contribution in [3.05, 3.63) is 83.7 Å². The van der Waals surface area contributed by atoms with Crippen LogP contribution in [0.3, 0.4) is 0 Å². The smallest absolute Gasteiger partial charge is 0.191 e. The van der Waals surface area contributed by atoms with Crippen LogP contribution in [0, 0.1) is 0 Å². The van der Waals surface area contributed by atoms with Gasteiger partial charge >= 0.3 is 0 Å². The van der Waals surface area contributed by atoms with Gasteiger partial charge in [-0.05, 0) is 46.4 Å². The normalized spacial score (nSPS) is 11.7. The van der Waals surface area contributed by atoms with Gasteiger partial charge in [0.2, 0.25) is 0 Å². The first-order valence-electron chi connectivity index (χ1n) is 10.7. The van der Waals surface area contributed by atoms with Crippen LogP contribution in [0.2, 0.25) is 0 Å². The highest BCUT2D eigenvalue weighted by molar-refractivity contribution is 7.98. The lowest BCUT2D eigenvalue weighted by Crippen LogP contribution is -2.11. The lowest BCUT2D eigenvalue weighted by atomic mass is 9.87. The zero-order chi connectivity index (χ0) is 21.8. The second-order valence-electron chi connectivity index (χ2n) is 8.63. The van der Waals surface area contributed by atoms with Crippen molar-refractivity contribution in [3.8, 4) is 5.75 Å². The molecule has 0 aliphatic heterocycles. The fourth-order valence-electron chi connectivity index (χ4n) is 3.61. The third kappa shape index (κ3) is 4.93. The number of benzene rings is 3. The van der Waals surface area contributed by atoms with Crippen LogP contribution < -0.4 is 4.74 Å². The molecule has 0 atom stereocenters. The molecule has 4 rings (SSSR count). The maximum atomic E-state index is 6.00. The standard InChI is InChI=1S/C26H29N3OS/c1-5-29-24(17-30-22-15-13-21(14-16-22)26(2,3)4)27-28-25(29)31-18-20-11-8-10-19-9-6-7-12-23(19)20/h6-16H,5,17-18H2,1-4H3. The van der Waals surface area contributed by atoms with E-state index in [9.17, 15) is 0 Å². The zero-order valence-corrected chi connectivity index (χ0v) is 19.4. The van der Waals surface area contributed by atoms with Crippen molar-refractivity contribution >= 4 is 22.5 Å². The fourth-order valence-corrected chi connectivity index (χ4v) is 4.64. The van der Waals surface area contributed by atoms with Crippen LogP contribution in [-0.2, 0) is 24.3 Å². The van der Waals surface area contributed by atoms with E-state index in [0.29, 0.717) is 6.61 Å². The molecule has 160 valence electrons. The number of hydrogen-bond donors (Lipinski definition) is 0. The van der Waals surface area contributed by atoms with Gasteiger partial charge in [-0.15, -0.1) is 10.2 Å². The summed E-state index contributed by atoms with van der Waals surface area (Å²) in [5, 5.41) is 12.3. The molecule has 0 amide bonds. The Bertz CT molecular complexity index is 1150. The van der Waals surface area contributed by atoms with E-state index in [0.717, 1.165) is 29.0 Å². The summed E-state index contributed by atoms with van der Waals surface area (Å²) in [7, 11) is 0. The summed E-state index contributed by atoms with van der Waals surface area (Å²) in [4.78, 5) is 0. The molecule has 4 nitrogen and oxygen atoms in total. The summed E-state index contributed by atoms with van der Waals surface area (Å²) in [6.07, 6.45) is 0. The molecule has 1 aromatic heterocycles. The van der Waals surface area contributed by atoms with Gasteiger partial charge in [-0.2, -0.15) is 0 Å². The first-order valence-corrected chi connectivity index (χ1v) is 11.7. The highest BCUT2D eigenvalue weighted by Gasteiger charge is 2.15. The molecule has 0 aliphatic rings. The van der Waals surface area contributed by atoms with E-state index in [1.807, 2.05) is 12.1 Å². The van der Waals surface area contributed by atoms with E-state index in [1.54, 1.807) is 11.8 Å². The molecule has 3 aromatic carbocycles. The van der Waals surface area contributed by atoms with Gasteiger partial charge in [0.15, 0.2) is 11.0 Å². The van der Waals surface area contributed by atoms with Gasteiger partial charge in [-0.25, -0.2) is 0 Å². The van der Waals surface area contributed by atoms with Gasteiger partial charge in [0.05, 0.1) is 0 Å². The first-order chi connectivity index (χ1) is 15.0. The molecule has 1 heterocycles. The number of rotatable bonds is 7. The van der Waals surface area contributed by atoms with Crippen molar-refractivity contribution in [2.75, 3.05) is 0 Å². The minimum Gasteiger partial charge on any atom is -0.486 e. The van der Waals surface area contributed by atoms with Gasteiger partial charge in [-0.1, -0.05) is 87.1 Å². The molecule has 0 N–H and O–H groups in total. The second kappa shape index (κ2) is 9.15. The molecule has 0 saturated heterocycles. The number of ether oxygens (including phenoxy) is 1. The quantitative estimate of drug-likeness (QED) is 0.308. The average molecular weight is 432 g/mol. The highest BCUT2D eigenvalue weighted by Crippen LogP contribution is 2.28. The van der Waals surface area contributed by atoms with Crippen LogP contribution >= 0.6 is 11.8 Å². The van der Waals surface area contributed by atoms with E-state index in [1.165, 1.54) is 21.9 Å². The molecule has 31 heavy (non-hydrogen) atoms. The molecular weight excluding hydrogens is 402 g/mol. The van der Waals surface area contributed by atoms with Crippen molar-refractivity contribution in [2.24, 2.45) is 0 Å². The van der Waals surface area contributed by atoms with Crippen LogP contribution in [0.15, 0.2) is 71.9 Å². The molecule has 0 unspecified atom stereocenters. The Balaban J connectivity index is 1.44. The largest absolute Gasteiger partial charge is 0.486 e. The summed E-state index contributed by atoms with van der Waals surface area (Å²) in [5.41, 5.74) is 2.74. The summed E-state index contributed by atoms with van der Waals surface area (Å²) < 4.78 is 8.14. The van der Waals surface area contributed by atoms with Gasteiger partial charge in [-0.3, -0.25) is 0 Å². The highest BCUT2D eigenvalue weighted by atomic mass is 32.2. The van der Waals surface area contributed by atoms with Crippen molar-refractivity contribution in [1.29, 1.82) is 0 Å². The predicted molar refractivity (Wildman–Crippen MR) is 129 cm³/mol. The number of hydrogen-bond acceptors (Lipinski definition) is 4. The number of nitrogens with zero attached hydrogens (tertiary/aromatic N) is 3. The van der Waals surface area contributed by atoms with Gasteiger partial charge in [0.1, 0.15) is 12.4 Å². The van der Waals surface area contributed by atoms with Crippen LogP contribution in [0.5, 0.6) is 5.75 Å². The van der Waals surface area contributed by atoms with Crippen molar-refractivity contribution in [2.45, 2.75) is 57.2 Å². The minimum absolute atomic E-state index is 0.136. The monoisotopic (exact) mass is 431 g/mol. The Hall–Kier alpha value is -2.79. The topological polar surface area (TPSA) is 39.9 Å². The third-order valence-corrected chi connectivity index (χ3v) is 6.45. The lowest BCUT2D eigenvalue weighted by molar-refractivity contribution is 0.288. The van der Waals surface area contributed by atoms with Gasteiger partial charge in [0.25, 0.3) is 0 Å². The molecule has 0 saturated carbocycles. The summed E-state index contributed by atoms with van der Waals surface area (Å²) in [6.45, 7) is 9.97. The van der Waals surface area contributed by atoms with Gasteiger partial charge < -0.3 is 9.30 Å². The van der Waals surface area contributed by atoms with Crippen molar-refractivity contribution in [3.63, 3.8) is 0 Å². The van der Waals surface area contributed by atoms with Crippen LogP contribution in [0.1, 0.15) is 44.6 Å². The van der Waals surface area contributed by atoms with Crippen molar-refractivity contribution in [1.82, 2.24) is 14.8 Å². The Labute approximate surface area is 188 Å². The minimum atomic E-state index is 0.136. The Kier molecular flexibility index (Phi) is 6.33. The Morgan fingerprint density at radius 1 is 0.903 bits per heavy atom. The fraction of sp³-hybridized carbons (Fsp3) is 0.308. The molecule has 0 spiro atoms. The molecule has 0 fully saturated rings. The van der Waals surface area contributed by atoms with E-state index in [2.05, 4.69) is 97.1 Å². The van der Waals surface area contributed by atoms with E-state index < -0.39 is 0 Å². The first kappa shape index (κ1) is 21.4. The Morgan fingerprint density at radius 2 is 1.65 bits per heavy atom. The summed E-state index contributed by atoms with van der Waals surface area (Å²) in [6, 6.07) is 23.3. The maximum Gasteiger partial charge on any atom is 0.191 e. The van der Waals surface area contributed by atoms with Crippen LogP contribution in [0.25, 0.3) is 10.8 Å². The molecule has 4 aromatic rings. The summed E-state index contributed by atoms with van der Waals surface area (Å²) >= 11 is 1.72. The van der Waals surface area contributed by atoms with Crippen LogP contribution in [-0.4, -0.2) is 14.8 Å².